The van der Waals surface area contributed by atoms with Crippen molar-refractivity contribution in [3.8, 4) is 5.75 Å². The number of rotatable bonds is 4. The van der Waals surface area contributed by atoms with Crippen molar-refractivity contribution in [1.29, 1.82) is 0 Å². The largest absolute Gasteiger partial charge is 0.481 e. The van der Waals surface area contributed by atoms with Crippen LogP contribution in [0.4, 0.5) is 5.69 Å². The SMILES string of the molecule is O=C(COc1cccc2cccnc12)N1CCN(c2cccc(Cl)c2)CC1. The maximum atomic E-state index is 12.5. The zero-order chi connectivity index (χ0) is 18.6. The van der Waals surface area contributed by atoms with Crippen molar-refractivity contribution in [2.24, 2.45) is 0 Å². The van der Waals surface area contributed by atoms with Crippen LogP contribution in [0.5, 0.6) is 5.75 Å². The number of amides is 1. The first-order chi connectivity index (χ1) is 13.2. The van der Waals surface area contributed by atoms with Crippen LogP contribution < -0.4 is 9.64 Å². The molecule has 1 amide bonds. The van der Waals surface area contributed by atoms with Gasteiger partial charge in [0.1, 0.15) is 11.3 Å². The summed E-state index contributed by atoms with van der Waals surface area (Å²) in [4.78, 5) is 21.0. The van der Waals surface area contributed by atoms with Gasteiger partial charge in [-0.3, -0.25) is 9.78 Å². The molecule has 6 heteroatoms. The first-order valence-electron chi connectivity index (χ1n) is 8.95. The lowest BCUT2D eigenvalue weighted by Crippen LogP contribution is -2.50. The number of nitrogens with zero attached hydrogens (tertiary/aromatic N) is 3. The molecule has 0 spiro atoms. The van der Waals surface area contributed by atoms with Crippen LogP contribution in [-0.4, -0.2) is 48.6 Å². The van der Waals surface area contributed by atoms with Gasteiger partial charge in [-0.25, -0.2) is 0 Å². The number of ether oxygens (including phenoxy) is 1. The van der Waals surface area contributed by atoms with Gasteiger partial charge in [-0.1, -0.05) is 35.9 Å². The summed E-state index contributed by atoms with van der Waals surface area (Å²) in [6.07, 6.45) is 1.73. The summed E-state index contributed by atoms with van der Waals surface area (Å²) >= 11 is 6.07. The van der Waals surface area contributed by atoms with Gasteiger partial charge in [-0.05, 0) is 30.3 Å². The summed E-state index contributed by atoms with van der Waals surface area (Å²) in [6.45, 7) is 2.92. The maximum absolute atomic E-state index is 12.5. The molecule has 1 aliphatic rings. The highest BCUT2D eigenvalue weighted by atomic mass is 35.5. The highest BCUT2D eigenvalue weighted by molar-refractivity contribution is 6.30. The number of benzene rings is 2. The van der Waals surface area contributed by atoms with E-state index in [1.165, 1.54) is 0 Å². The van der Waals surface area contributed by atoms with E-state index in [2.05, 4.69) is 9.88 Å². The lowest BCUT2D eigenvalue weighted by atomic mass is 10.2. The van der Waals surface area contributed by atoms with Gasteiger partial charge in [0, 0.05) is 48.5 Å². The lowest BCUT2D eigenvalue weighted by molar-refractivity contribution is -0.133. The summed E-state index contributed by atoms with van der Waals surface area (Å²) in [7, 11) is 0. The second-order valence-electron chi connectivity index (χ2n) is 6.47. The van der Waals surface area contributed by atoms with Gasteiger partial charge in [0.15, 0.2) is 6.61 Å². The number of pyridine rings is 1. The van der Waals surface area contributed by atoms with E-state index in [4.69, 9.17) is 16.3 Å². The number of halogens is 1. The molecule has 0 atom stereocenters. The van der Waals surface area contributed by atoms with Crippen LogP contribution in [0, 0.1) is 0 Å². The monoisotopic (exact) mass is 381 g/mol. The van der Waals surface area contributed by atoms with Gasteiger partial charge < -0.3 is 14.5 Å². The van der Waals surface area contributed by atoms with Crippen molar-refractivity contribution in [2.45, 2.75) is 0 Å². The van der Waals surface area contributed by atoms with Crippen LogP contribution in [0.25, 0.3) is 10.9 Å². The van der Waals surface area contributed by atoms with E-state index in [9.17, 15) is 4.79 Å². The second kappa shape index (κ2) is 7.84. The predicted octanol–water partition coefficient (Wildman–Crippen LogP) is 3.62. The summed E-state index contributed by atoms with van der Waals surface area (Å²) < 4.78 is 5.78. The Morgan fingerprint density at radius 1 is 1.04 bits per heavy atom. The van der Waals surface area contributed by atoms with Crippen molar-refractivity contribution in [3.63, 3.8) is 0 Å². The van der Waals surface area contributed by atoms with Crippen molar-refractivity contribution >= 4 is 34.1 Å². The van der Waals surface area contributed by atoms with E-state index in [1.807, 2.05) is 59.5 Å². The number of hydrogen-bond donors (Lipinski definition) is 0. The third-order valence-corrected chi connectivity index (χ3v) is 4.99. The van der Waals surface area contributed by atoms with Crippen LogP contribution in [0.3, 0.4) is 0 Å². The molecule has 1 saturated heterocycles. The molecule has 0 unspecified atom stereocenters. The average Bonchev–Trinajstić information content (AvgIpc) is 2.72. The lowest BCUT2D eigenvalue weighted by Gasteiger charge is -2.36. The molecule has 0 saturated carbocycles. The first-order valence-corrected chi connectivity index (χ1v) is 9.33. The van der Waals surface area contributed by atoms with Gasteiger partial charge >= 0.3 is 0 Å². The number of piperazine rings is 1. The van der Waals surface area contributed by atoms with Crippen LogP contribution in [0.1, 0.15) is 0 Å². The quantitative estimate of drug-likeness (QED) is 0.692. The fraction of sp³-hybridized carbons (Fsp3) is 0.238. The Balaban J connectivity index is 1.34. The maximum Gasteiger partial charge on any atom is 0.260 e. The molecule has 0 aliphatic carbocycles. The molecule has 1 aliphatic heterocycles. The molecule has 27 heavy (non-hydrogen) atoms. The predicted molar refractivity (Wildman–Crippen MR) is 107 cm³/mol. The molecule has 0 N–H and O–H groups in total. The second-order valence-corrected chi connectivity index (χ2v) is 6.90. The fourth-order valence-electron chi connectivity index (χ4n) is 3.31. The Kier molecular flexibility index (Phi) is 5.12. The fourth-order valence-corrected chi connectivity index (χ4v) is 3.49. The Hall–Kier alpha value is -2.79. The molecular weight excluding hydrogens is 362 g/mol. The van der Waals surface area contributed by atoms with Gasteiger partial charge in [0.25, 0.3) is 5.91 Å². The minimum Gasteiger partial charge on any atom is -0.481 e. The molecule has 0 radical (unpaired) electrons. The molecule has 2 aromatic carbocycles. The van der Waals surface area contributed by atoms with E-state index >= 15 is 0 Å². The number of aromatic nitrogens is 1. The molecule has 0 bridgehead atoms. The van der Waals surface area contributed by atoms with Crippen LogP contribution >= 0.6 is 11.6 Å². The smallest absolute Gasteiger partial charge is 0.260 e. The van der Waals surface area contributed by atoms with Gasteiger partial charge in [0.05, 0.1) is 0 Å². The number of hydrogen-bond acceptors (Lipinski definition) is 4. The number of fused-ring (bicyclic) bond motifs is 1. The average molecular weight is 382 g/mol. The van der Waals surface area contributed by atoms with E-state index in [0.717, 1.165) is 34.7 Å². The number of carbonyl (C=O) groups excluding carboxylic acids is 1. The Morgan fingerprint density at radius 2 is 1.81 bits per heavy atom. The van der Waals surface area contributed by atoms with Gasteiger partial charge in [-0.15, -0.1) is 0 Å². The van der Waals surface area contributed by atoms with Crippen molar-refractivity contribution in [3.05, 3.63) is 65.8 Å². The minimum absolute atomic E-state index is 0.00585. The molecule has 138 valence electrons. The molecular formula is C21H20ClN3O2. The molecule has 1 fully saturated rings. The minimum atomic E-state index is -0.00585. The van der Waals surface area contributed by atoms with Crippen molar-refractivity contribution in [1.82, 2.24) is 9.88 Å². The third-order valence-electron chi connectivity index (χ3n) is 4.75. The number of anilines is 1. The summed E-state index contributed by atoms with van der Waals surface area (Å²) in [5.74, 6) is 0.632. The van der Waals surface area contributed by atoms with E-state index in [0.29, 0.717) is 18.8 Å². The molecule has 1 aromatic heterocycles. The molecule has 4 rings (SSSR count). The van der Waals surface area contributed by atoms with E-state index in [-0.39, 0.29) is 12.5 Å². The summed E-state index contributed by atoms with van der Waals surface area (Å²) in [5.41, 5.74) is 1.87. The number of carbonyl (C=O) groups is 1. The van der Waals surface area contributed by atoms with Crippen molar-refractivity contribution in [2.75, 3.05) is 37.7 Å². The van der Waals surface area contributed by atoms with Gasteiger partial charge in [-0.2, -0.15) is 0 Å². The summed E-state index contributed by atoms with van der Waals surface area (Å²) in [5, 5.41) is 1.72. The topological polar surface area (TPSA) is 45.7 Å². The Bertz CT molecular complexity index is 950. The molecule has 2 heterocycles. The zero-order valence-electron chi connectivity index (χ0n) is 14.8. The Labute approximate surface area is 163 Å². The highest BCUT2D eigenvalue weighted by Gasteiger charge is 2.22. The summed E-state index contributed by atoms with van der Waals surface area (Å²) in [6, 6.07) is 17.4. The van der Waals surface area contributed by atoms with E-state index < -0.39 is 0 Å². The highest BCUT2D eigenvalue weighted by Crippen LogP contribution is 2.23. The van der Waals surface area contributed by atoms with Crippen LogP contribution in [0.15, 0.2) is 60.8 Å². The van der Waals surface area contributed by atoms with Crippen molar-refractivity contribution < 1.29 is 9.53 Å². The van der Waals surface area contributed by atoms with Crippen LogP contribution in [-0.2, 0) is 4.79 Å². The van der Waals surface area contributed by atoms with E-state index in [1.54, 1.807) is 6.20 Å². The number of para-hydroxylation sites is 1. The molecule has 3 aromatic rings. The third kappa shape index (κ3) is 3.98. The van der Waals surface area contributed by atoms with Crippen LogP contribution in [0.2, 0.25) is 5.02 Å². The standard InChI is InChI=1S/C21H20ClN3O2/c22-17-6-2-7-18(14-17)24-10-12-25(13-11-24)20(26)15-27-19-8-1-4-16-5-3-9-23-21(16)19/h1-9,14H,10-13,15H2. The Morgan fingerprint density at radius 3 is 2.63 bits per heavy atom. The normalized spacial score (nSPS) is 14.4. The zero-order valence-corrected chi connectivity index (χ0v) is 15.6. The molecule has 5 nitrogen and oxygen atoms in total. The first kappa shape index (κ1) is 17.6. The van der Waals surface area contributed by atoms with Gasteiger partial charge in [0.2, 0.25) is 0 Å².